The van der Waals surface area contributed by atoms with Crippen LogP contribution in [0.1, 0.15) is 30.9 Å². The van der Waals surface area contributed by atoms with Gasteiger partial charge in [0.25, 0.3) is 0 Å². The summed E-state index contributed by atoms with van der Waals surface area (Å²) in [6.45, 7) is 4.48. The Labute approximate surface area is 158 Å². The van der Waals surface area contributed by atoms with Crippen LogP contribution < -0.4 is 5.30 Å². The fraction of sp³-hybridized carbons (Fsp3) is 0.200. The molecule has 0 aromatic heterocycles. The standard InChI is InChI=1S/C25H25P/c1-3-4-10-20-15-21-14-18-11-6-7-12-19(18)16-23(21)25(26)24(20)22-13-8-5-9-17(22)2/h5-9,11-16H,3-4,10,26H2,1-2H3. The average molecular weight is 356 g/mol. The van der Waals surface area contributed by atoms with E-state index >= 15 is 0 Å². The second-order valence-corrected chi connectivity index (χ2v) is 7.74. The summed E-state index contributed by atoms with van der Waals surface area (Å²) in [5.74, 6) is 0. The van der Waals surface area contributed by atoms with Crippen molar-refractivity contribution in [1.82, 2.24) is 0 Å². The first-order valence-corrected chi connectivity index (χ1v) is 10.1. The van der Waals surface area contributed by atoms with Crippen molar-refractivity contribution in [2.24, 2.45) is 0 Å². The summed E-state index contributed by atoms with van der Waals surface area (Å²) in [7, 11) is 3.05. The Morgan fingerprint density at radius 1 is 0.808 bits per heavy atom. The quantitative estimate of drug-likeness (QED) is 0.278. The third-order valence-electron chi connectivity index (χ3n) is 5.34. The average Bonchev–Trinajstić information content (AvgIpc) is 2.66. The SMILES string of the molecule is CCCCc1cc2cc3ccccc3cc2c(P)c1-c1ccccc1C. The van der Waals surface area contributed by atoms with Gasteiger partial charge in [-0.3, -0.25) is 0 Å². The van der Waals surface area contributed by atoms with Crippen molar-refractivity contribution in [2.45, 2.75) is 33.1 Å². The lowest BCUT2D eigenvalue weighted by Crippen LogP contribution is -2.06. The zero-order chi connectivity index (χ0) is 18.1. The van der Waals surface area contributed by atoms with Crippen LogP contribution in [0.15, 0.2) is 66.7 Å². The summed E-state index contributed by atoms with van der Waals surface area (Å²) < 4.78 is 0. The van der Waals surface area contributed by atoms with Crippen LogP contribution in [0.3, 0.4) is 0 Å². The van der Waals surface area contributed by atoms with Crippen LogP contribution in [0.2, 0.25) is 0 Å². The number of unbranched alkanes of at least 4 members (excludes halogenated alkanes) is 1. The maximum Gasteiger partial charge on any atom is -0.00711 e. The predicted molar refractivity (Wildman–Crippen MR) is 120 cm³/mol. The smallest absolute Gasteiger partial charge is 0.00711 e. The molecule has 0 saturated heterocycles. The molecule has 0 aliphatic carbocycles. The van der Waals surface area contributed by atoms with Crippen molar-refractivity contribution in [3.05, 3.63) is 77.9 Å². The van der Waals surface area contributed by atoms with Gasteiger partial charge >= 0.3 is 0 Å². The van der Waals surface area contributed by atoms with Crippen molar-refractivity contribution in [2.75, 3.05) is 0 Å². The summed E-state index contributed by atoms with van der Waals surface area (Å²) in [6.07, 6.45) is 3.57. The van der Waals surface area contributed by atoms with Gasteiger partial charge < -0.3 is 0 Å². The molecule has 4 rings (SSSR count). The lowest BCUT2D eigenvalue weighted by molar-refractivity contribution is 0.797. The molecule has 1 unspecified atom stereocenters. The molecule has 0 amide bonds. The highest BCUT2D eigenvalue weighted by Gasteiger charge is 2.14. The molecule has 0 aliphatic heterocycles. The fourth-order valence-corrected chi connectivity index (χ4v) is 4.50. The van der Waals surface area contributed by atoms with Crippen molar-refractivity contribution in [3.8, 4) is 11.1 Å². The number of hydrogen-bond acceptors (Lipinski definition) is 0. The molecule has 0 nitrogen and oxygen atoms in total. The van der Waals surface area contributed by atoms with E-state index in [-0.39, 0.29) is 0 Å². The highest BCUT2D eigenvalue weighted by molar-refractivity contribution is 7.29. The Kier molecular flexibility index (Phi) is 4.79. The van der Waals surface area contributed by atoms with Gasteiger partial charge in [-0.25, -0.2) is 0 Å². The number of fused-ring (bicyclic) bond motifs is 2. The maximum absolute atomic E-state index is 3.05. The zero-order valence-electron chi connectivity index (χ0n) is 15.5. The summed E-state index contributed by atoms with van der Waals surface area (Å²) in [5, 5.41) is 6.63. The monoisotopic (exact) mass is 356 g/mol. The second-order valence-electron chi connectivity index (χ2n) is 7.16. The van der Waals surface area contributed by atoms with Crippen molar-refractivity contribution in [1.29, 1.82) is 0 Å². The Bertz CT molecular complexity index is 1090. The normalized spacial score (nSPS) is 11.3. The van der Waals surface area contributed by atoms with E-state index in [0.717, 1.165) is 6.42 Å². The molecule has 130 valence electrons. The van der Waals surface area contributed by atoms with E-state index in [1.807, 2.05) is 0 Å². The molecule has 0 N–H and O–H groups in total. The Morgan fingerprint density at radius 2 is 1.50 bits per heavy atom. The fourth-order valence-electron chi connectivity index (χ4n) is 3.91. The minimum absolute atomic E-state index is 1.13. The molecule has 0 spiro atoms. The second kappa shape index (κ2) is 7.22. The van der Waals surface area contributed by atoms with Crippen molar-refractivity contribution < 1.29 is 0 Å². The van der Waals surface area contributed by atoms with Crippen LogP contribution in [0.4, 0.5) is 0 Å². The number of aryl methyl sites for hydroxylation is 2. The summed E-state index contributed by atoms with van der Waals surface area (Å²) in [5.41, 5.74) is 5.58. The third kappa shape index (κ3) is 3.04. The van der Waals surface area contributed by atoms with Crippen LogP contribution in [0.25, 0.3) is 32.7 Å². The van der Waals surface area contributed by atoms with E-state index in [1.165, 1.54) is 61.9 Å². The van der Waals surface area contributed by atoms with Crippen LogP contribution in [-0.2, 0) is 6.42 Å². The largest absolute Gasteiger partial charge is 0.104 e. The van der Waals surface area contributed by atoms with Gasteiger partial charge in [-0.15, -0.1) is 9.24 Å². The van der Waals surface area contributed by atoms with E-state index in [2.05, 4.69) is 89.8 Å². The maximum atomic E-state index is 3.05. The van der Waals surface area contributed by atoms with Crippen LogP contribution in [0, 0.1) is 6.92 Å². The summed E-state index contributed by atoms with van der Waals surface area (Å²) in [6, 6.07) is 24.5. The molecule has 0 bridgehead atoms. The van der Waals surface area contributed by atoms with Gasteiger partial charge in [-0.1, -0.05) is 67.9 Å². The summed E-state index contributed by atoms with van der Waals surface area (Å²) in [4.78, 5) is 0. The predicted octanol–water partition coefficient (Wildman–Crippen LogP) is 6.81. The summed E-state index contributed by atoms with van der Waals surface area (Å²) >= 11 is 0. The molecule has 0 aliphatic rings. The van der Waals surface area contributed by atoms with E-state index in [1.54, 1.807) is 0 Å². The van der Waals surface area contributed by atoms with Crippen molar-refractivity contribution >= 4 is 36.1 Å². The first kappa shape index (κ1) is 17.3. The minimum Gasteiger partial charge on any atom is -0.104 e. The molecule has 1 atom stereocenters. The Balaban J connectivity index is 2.05. The molecule has 0 radical (unpaired) electrons. The van der Waals surface area contributed by atoms with Crippen LogP contribution in [0.5, 0.6) is 0 Å². The minimum atomic E-state index is 1.13. The number of hydrogen-bond donors (Lipinski definition) is 0. The first-order chi connectivity index (χ1) is 12.7. The molecule has 0 fully saturated rings. The highest BCUT2D eigenvalue weighted by atomic mass is 31.0. The van der Waals surface area contributed by atoms with Crippen molar-refractivity contribution in [3.63, 3.8) is 0 Å². The van der Waals surface area contributed by atoms with Crippen LogP contribution >= 0.6 is 9.24 Å². The number of rotatable bonds is 4. The molecule has 1 heteroatoms. The molecular weight excluding hydrogens is 331 g/mol. The third-order valence-corrected chi connectivity index (χ3v) is 5.94. The lowest BCUT2D eigenvalue weighted by Gasteiger charge is -2.18. The van der Waals surface area contributed by atoms with Gasteiger partial charge in [0.15, 0.2) is 0 Å². The van der Waals surface area contributed by atoms with Gasteiger partial charge in [-0.2, -0.15) is 0 Å². The Morgan fingerprint density at radius 3 is 2.23 bits per heavy atom. The lowest BCUT2D eigenvalue weighted by atomic mass is 9.89. The van der Waals surface area contributed by atoms with Gasteiger partial charge in [0, 0.05) is 0 Å². The topological polar surface area (TPSA) is 0 Å². The van der Waals surface area contributed by atoms with Gasteiger partial charge in [0.2, 0.25) is 0 Å². The Hall–Kier alpha value is -2.17. The molecule has 0 saturated carbocycles. The number of benzene rings is 4. The van der Waals surface area contributed by atoms with E-state index in [9.17, 15) is 0 Å². The molecule has 0 heterocycles. The molecule has 26 heavy (non-hydrogen) atoms. The van der Waals surface area contributed by atoms with Gasteiger partial charge in [-0.05, 0) is 81.0 Å². The van der Waals surface area contributed by atoms with Gasteiger partial charge in [0.1, 0.15) is 0 Å². The highest BCUT2D eigenvalue weighted by Crippen LogP contribution is 2.33. The zero-order valence-corrected chi connectivity index (χ0v) is 16.7. The first-order valence-electron chi connectivity index (χ1n) is 9.49. The van der Waals surface area contributed by atoms with E-state index in [0.29, 0.717) is 0 Å². The van der Waals surface area contributed by atoms with E-state index in [4.69, 9.17) is 0 Å². The molecule has 4 aromatic carbocycles. The van der Waals surface area contributed by atoms with Gasteiger partial charge in [0.05, 0.1) is 0 Å². The van der Waals surface area contributed by atoms with E-state index < -0.39 is 0 Å². The molecule has 4 aromatic rings. The molecular formula is C25H25P. The van der Waals surface area contributed by atoms with Crippen LogP contribution in [-0.4, -0.2) is 0 Å².